The molecule has 4 heteroatoms. The molecule has 0 saturated carbocycles. The van der Waals surface area contributed by atoms with Gasteiger partial charge in [-0.15, -0.1) is 11.8 Å². The van der Waals surface area contributed by atoms with Gasteiger partial charge in [-0.1, -0.05) is 22.9 Å². The second-order valence-electron chi connectivity index (χ2n) is 3.78. The predicted molar refractivity (Wildman–Crippen MR) is 70.7 cm³/mol. The van der Waals surface area contributed by atoms with Crippen molar-refractivity contribution in [1.82, 2.24) is 0 Å². The van der Waals surface area contributed by atoms with Gasteiger partial charge in [0.15, 0.2) is 0 Å². The Hall–Kier alpha value is -0.190. The van der Waals surface area contributed by atoms with Gasteiger partial charge < -0.3 is 10.6 Å². The van der Waals surface area contributed by atoms with Crippen LogP contribution in [0.5, 0.6) is 0 Å². The summed E-state index contributed by atoms with van der Waals surface area (Å²) in [5, 5.41) is 0.637. The number of hydrogen-bond acceptors (Lipinski definition) is 3. The fourth-order valence-electron chi connectivity index (χ4n) is 1.87. The van der Waals surface area contributed by atoms with Gasteiger partial charge in [-0.25, -0.2) is 0 Å². The highest BCUT2D eigenvalue weighted by atomic mass is 79.9. The van der Waals surface area contributed by atoms with Crippen LogP contribution in [0.1, 0.15) is 6.92 Å². The van der Waals surface area contributed by atoms with Crippen LogP contribution in [-0.2, 0) is 0 Å². The predicted octanol–water partition coefficient (Wildman–Crippen LogP) is 2.71. The van der Waals surface area contributed by atoms with Crippen LogP contribution in [0, 0.1) is 0 Å². The van der Waals surface area contributed by atoms with Gasteiger partial charge in [-0.05, 0) is 18.2 Å². The van der Waals surface area contributed by atoms with Gasteiger partial charge in [0.05, 0.1) is 5.69 Å². The molecule has 1 aliphatic heterocycles. The molecule has 0 aromatic heterocycles. The van der Waals surface area contributed by atoms with Gasteiger partial charge in [0.25, 0.3) is 0 Å². The van der Waals surface area contributed by atoms with Crippen LogP contribution in [0.15, 0.2) is 27.6 Å². The minimum atomic E-state index is 0.637. The smallest absolute Gasteiger partial charge is 0.0506 e. The third-order valence-electron chi connectivity index (χ3n) is 2.47. The normalized spacial score (nSPS) is 20.2. The summed E-state index contributed by atoms with van der Waals surface area (Å²) in [6.07, 6.45) is 0. The molecule has 0 aliphatic carbocycles. The lowest BCUT2D eigenvalue weighted by Gasteiger charge is -2.34. The Morgan fingerprint density at radius 2 is 2.40 bits per heavy atom. The largest absolute Gasteiger partial charge is 0.368 e. The molecule has 1 unspecified atom stereocenters. The topological polar surface area (TPSA) is 29.3 Å². The fourth-order valence-corrected chi connectivity index (χ4v) is 3.59. The molecular weight excluding hydrogens is 272 g/mol. The van der Waals surface area contributed by atoms with Crippen molar-refractivity contribution in [2.24, 2.45) is 5.73 Å². The Kier molecular flexibility index (Phi) is 3.59. The van der Waals surface area contributed by atoms with E-state index in [2.05, 4.69) is 46.0 Å². The van der Waals surface area contributed by atoms with Crippen LogP contribution in [0.25, 0.3) is 0 Å². The number of nitrogens with zero attached hydrogens (tertiary/aromatic N) is 1. The molecule has 0 spiro atoms. The Morgan fingerprint density at radius 3 is 3.13 bits per heavy atom. The van der Waals surface area contributed by atoms with Crippen molar-refractivity contribution < 1.29 is 0 Å². The first-order chi connectivity index (χ1) is 7.20. The van der Waals surface area contributed by atoms with Gasteiger partial charge in [0.2, 0.25) is 0 Å². The summed E-state index contributed by atoms with van der Waals surface area (Å²) in [5.41, 5.74) is 6.96. The molecule has 0 bridgehead atoms. The molecular formula is C11H15BrN2S. The van der Waals surface area contributed by atoms with Gasteiger partial charge in [0.1, 0.15) is 0 Å². The molecule has 0 saturated heterocycles. The first kappa shape index (κ1) is 11.3. The van der Waals surface area contributed by atoms with Gasteiger partial charge in [-0.2, -0.15) is 0 Å². The van der Waals surface area contributed by atoms with Crippen molar-refractivity contribution in [3.8, 4) is 0 Å². The molecule has 15 heavy (non-hydrogen) atoms. The first-order valence-corrected chi connectivity index (χ1v) is 6.79. The van der Waals surface area contributed by atoms with Crippen molar-refractivity contribution in [3.05, 3.63) is 22.7 Å². The fraction of sp³-hybridized carbons (Fsp3) is 0.455. The number of hydrogen-bond donors (Lipinski definition) is 1. The van der Waals surface area contributed by atoms with E-state index in [1.807, 2.05) is 11.8 Å². The van der Waals surface area contributed by atoms with E-state index in [4.69, 9.17) is 5.73 Å². The Morgan fingerprint density at radius 1 is 1.60 bits per heavy atom. The first-order valence-electron chi connectivity index (χ1n) is 5.12. The highest BCUT2D eigenvalue weighted by Crippen LogP contribution is 2.39. The molecule has 0 fully saturated rings. The van der Waals surface area contributed by atoms with Crippen molar-refractivity contribution in [1.29, 1.82) is 0 Å². The lowest BCUT2D eigenvalue weighted by Crippen LogP contribution is -2.36. The van der Waals surface area contributed by atoms with Crippen LogP contribution in [0.3, 0.4) is 0 Å². The number of thioether (sulfide) groups is 1. The average Bonchev–Trinajstić information content (AvgIpc) is 2.17. The number of halogens is 1. The highest BCUT2D eigenvalue weighted by molar-refractivity contribution is 9.10. The Bertz CT molecular complexity index is 356. The number of fused-ring (bicyclic) bond motifs is 1. The molecule has 0 radical (unpaired) electrons. The molecule has 2 N–H and O–H groups in total. The van der Waals surface area contributed by atoms with E-state index >= 15 is 0 Å². The molecule has 82 valence electrons. The zero-order chi connectivity index (χ0) is 10.8. The summed E-state index contributed by atoms with van der Waals surface area (Å²) in [7, 11) is 0. The number of nitrogens with two attached hydrogens (primary N) is 1. The van der Waals surface area contributed by atoms with E-state index in [1.165, 1.54) is 10.6 Å². The number of benzene rings is 1. The molecule has 1 aromatic rings. The third kappa shape index (κ3) is 2.49. The lowest BCUT2D eigenvalue weighted by atomic mass is 10.2. The van der Waals surface area contributed by atoms with E-state index in [0.717, 1.165) is 17.6 Å². The molecule has 1 aliphatic rings. The van der Waals surface area contributed by atoms with Crippen molar-refractivity contribution in [2.45, 2.75) is 17.1 Å². The Balaban J connectivity index is 2.33. The molecule has 2 nitrogen and oxygen atoms in total. The minimum absolute atomic E-state index is 0.637. The van der Waals surface area contributed by atoms with Gasteiger partial charge in [-0.3, -0.25) is 0 Å². The van der Waals surface area contributed by atoms with E-state index < -0.39 is 0 Å². The quantitative estimate of drug-likeness (QED) is 0.907. The molecule has 0 amide bonds. The van der Waals surface area contributed by atoms with Gasteiger partial charge in [0, 0.05) is 34.3 Å². The van der Waals surface area contributed by atoms with Crippen molar-refractivity contribution in [3.63, 3.8) is 0 Å². The van der Waals surface area contributed by atoms with Gasteiger partial charge >= 0.3 is 0 Å². The van der Waals surface area contributed by atoms with E-state index in [0.29, 0.717) is 11.8 Å². The summed E-state index contributed by atoms with van der Waals surface area (Å²) in [4.78, 5) is 3.74. The molecule has 1 heterocycles. The SMILES string of the molecule is CC1CN(CCN)c2ccc(Br)cc2S1. The maximum atomic E-state index is 5.63. The molecule has 2 rings (SSSR count). The lowest BCUT2D eigenvalue weighted by molar-refractivity contribution is 0.753. The van der Waals surface area contributed by atoms with Crippen LogP contribution in [0.4, 0.5) is 5.69 Å². The maximum absolute atomic E-state index is 5.63. The Labute approximate surface area is 103 Å². The number of rotatable bonds is 2. The van der Waals surface area contributed by atoms with Crippen LogP contribution in [-0.4, -0.2) is 24.9 Å². The summed E-state index contributed by atoms with van der Waals surface area (Å²) < 4.78 is 1.15. The third-order valence-corrected chi connectivity index (χ3v) is 4.09. The van der Waals surface area contributed by atoms with E-state index in [1.54, 1.807) is 0 Å². The van der Waals surface area contributed by atoms with Crippen molar-refractivity contribution >= 4 is 33.4 Å². The minimum Gasteiger partial charge on any atom is -0.368 e. The molecule has 1 aromatic carbocycles. The number of anilines is 1. The average molecular weight is 287 g/mol. The summed E-state index contributed by atoms with van der Waals surface area (Å²) in [6, 6.07) is 6.46. The summed E-state index contributed by atoms with van der Waals surface area (Å²) in [6.45, 7) is 5.01. The van der Waals surface area contributed by atoms with E-state index in [-0.39, 0.29) is 0 Å². The highest BCUT2D eigenvalue weighted by Gasteiger charge is 2.21. The second kappa shape index (κ2) is 4.76. The summed E-state index contributed by atoms with van der Waals surface area (Å²) in [5.74, 6) is 0. The monoisotopic (exact) mass is 286 g/mol. The van der Waals surface area contributed by atoms with Crippen LogP contribution >= 0.6 is 27.7 Å². The second-order valence-corrected chi connectivity index (χ2v) is 6.17. The van der Waals surface area contributed by atoms with Crippen molar-refractivity contribution in [2.75, 3.05) is 24.5 Å². The van der Waals surface area contributed by atoms with Crippen LogP contribution in [0.2, 0.25) is 0 Å². The zero-order valence-corrected chi connectivity index (χ0v) is 11.1. The van der Waals surface area contributed by atoms with Crippen LogP contribution < -0.4 is 10.6 Å². The van der Waals surface area contributed by atoms with E-state index in [9.17, 15) is 0 Å². The summed E-state index contributed by atoms with van der Waals surface area (Å²) >= 11 is 5.46. The molecule has 1 atom stereocenters. The standard InChI is InChI=1S/C11H15BrN2S/c1-8-7-14(5-4-13)10-3-2-9(12)6-11(10)15-8/h2-3,6,8H,4-5,7,13H2,1H3. The zero-order valence-electron chi connectivity index (χ0n) is 8.74. The maximum Gasteiger partial charge on any atom is 0.0506 e.